The SMILES string of the molecule is CCCCCS(=O)(=O)N(C(=O)Nc1ncccn1)c1ncncn1. The first-order chi connectivity index (χ1) is 11.5. The maximum Gasteiger partial charge on any atom is 0.345 e. The Kier molecular flexibility index (Phi) is 6.07. The summed E-state index contributed by atoms with van der Waals surface area (Å²) in [5.74, 6) is -0.504. The van der Waals surface area contributed by atoms with Crippen LogP contribution < -0.4 is 9.62 Å². The molecule has 0 radical (unpaired) electrons. The second-order valence-corrected chi connectivity index (χ2v) is 6.67. The van der Waals surface area contributed by atoms with Gasteiger partial charge in [-0.05, 0) is 12.5 Å². The quantitative estimate of drug-likeness (QED) is 0.737. The Morgan fingerprint density at radius 2 is 1.79 bits per heavy atom. The van der Waals surface area contributed by atoms with Crippen molar-refractivity contribution in [3.05, 3.63) is 31.1 Å². The standard InChI is InChI=1S/C13H17N7O3S/c1-2-3-4-8-24(22,23)20(12-17-9-14-10-18-12)13(21)19-11-15-6-5-7-16-11/h5-7,9-10H,2-4,8H2,1H3,(H,15,16,19,21). The Hall–Kier alpha value is -2.69. The number of sulfonamides is 1. The zero-order valence-electron chi connectivity index (χ0n) is 13.0. The fraction of sp³-hybridized carbons (Fsp3) is 0.385. The number of anilines is 2. The van der Waals surface area contributed by atoms with Gasteiger partial charge in [0.1, 0.15) is 12.7 Å². The number of amides is 2. The monoisotopic (exact) mass is 351 g/mol. The number of carbonyl (C=O) groups excluding carboxylic acids is 1. The molecule has 11 heteroatoms. The largest absolute Gasteiger partial charge is 0.345 e. The van der Waals surface area contributed by atoms with Crippen LogP contribution in [0.1, 0.15) is 26.2 Å². The van der Waals surface area contributed by atoms with Gasteiger partial charge in [0.2, 0.25) is 16.0 Å². The minimum absolute atomic E-state index is 0.0229. The highest BCUT2D eigenvalue weighted by molar-refractivity contribution is 7.93. The summed E-state index contributed by atoms with van der Waals surface area (Å²) in [4.78, 5) is 31.3. The molecule has 0 spiro atoms. The molecule has 0 aliphatic carbocycles. The molecule has 24 heavy (non-hydrogen) atoms. The van der Waals surface area contributed by atoms with Gasteiger partial charge in [0.05, 0.1) is 5.75 Å². The number of hydrogen-bond donors (Lipinski definition) is 1. The zero-order valence-corrected chi connectivity index (χ0v) is 13.8. The lowest BCUT2D eigenvalue weighted by Gasteiger charge is -2.20. The van der Waals surface area contributed by atoms with Crippen molar-refractivity contribution in [2.75, 3.05) is 15.4 Å². The van der Waals surface area contributed by atoms with Gasteiger partial charge in [0, 0.05) is 12.4 Å². The Morgan fingerprint density at radius 3 is 2.42 bits per heavy atom. The van der Waals surface area contributed by atoms with Crippen molar-refractivity contribution < 1.29 is 13.2 Å². The molecule has 2 aromatic heterocycles. The van der Waals surface area contributed by atoms with E-state index in [1.807, 2.05) is 6.92 Å². The van der Waals surface area contributed by atoms with Crippen LogP contribution in [0.25, 0.3) is 0 Å². The van der Waals surface area contributed by atoms with E-state index in [0.717, 1.165) is 25.5 Å². The Bertz CT molecular complexity index is 756. The Morgan fingerprint density at radius 1 is 1.12 bits per heavy atom. The molecular weight excluding hydrogens is 334 g/mol. The first-order valence-corrected chi connectivity index (χ1v) is 8.88. The third kappa shape index (κ3) is 4.65. The molecule has 128 valence electrons. The number of carbonyl (C=O) groups is 1. The molecule has 0 atom stereocenters. The van der Waals surface area contributed by atoms with Crippen LogP contribution in [0.15, 0.2) is 31.1 Å². The predicted molar refractivity (Wildman–Crippen MR) is 86.7 cm³/mol. The number of nitrogens with one attached hydrogen (secondary N) is 1. The lowest BCUT2D eigenvalue weighted by Crippen LogP contribution is -2.42. The molecule has 2 heterocycles. The summed E-state index contributed by atoms with van der Waals surface area (Å²) in [5.41, 5.74) is 0. The highest BCUT2D eigenvalue weighted by Gasteiger charge is 2.31. The predicted octanol–water partition coefficient (Wildman–Crippen LogP) is 1.22. The third-order valence-electron chi connectivity index (χ3n) is 2.91. The van der Waals surface area contributed by atoms with E-state index in [4.69, 9.17) is 0 Å². The number of unbranched alkanes of at least 4 members (excludes halogenated alkanes) is 2. The molecule has 0 unspecified atom stereocenters. The molecule has 0 aromatic carbocycles. The summed E-state index contributed by atoms with van der Waals surface area (Å²) in [7, 11) is -3.95. The van der Waals surface area contributed by atoms with E-state index in [1.54, 1.807) is 6.07 Å². The van der Waals surface area contributed by atoms with E-state index in [9.17, 15) is 13.2 Å². The Balaban J connectivity index is 2.28. The van der Waals surface area contributed by atoms with E-state index in [2.05, 4.69) is 30.2 Å². The van der Waals surface area contributed by atoms with Gasteiger partial charge in [-0.15, -0.1) is 0 Å². The molecule has 2 amide bonds. The van der Waals surface area contributed by atoms with Crippen molar-refractivity contribution in [2.45, 2.75) is 26.2 Å². The van der Waals surface area contributed by atoms with Gasteiger partial charge in [0.15, 0.2) is 0 Å². The summed E-state index contributed by atoms with van der Waals surface area (Å²) in [6.07, 6.45) is 7.08. The fourth-order valence-electron chi connectivity index (χ4n) is 1.82. The van der Waals surface area contributed by atoms with Gasteiger partial charge < -0.3 is 0 Å². The van der Waals surface area contributed by atoms with Crippen molar-refractivity contribution in [3.63, 3.8) is 0 Å². The third-order valence-corrected chi connectivity index (χ3v) is 4.60. The first kappa shape index (κ1) is 17.7. The molecule has 0 fully saturated rings. The second-order valence-electron chi connectivity index (χ2n) is 4.73. The number of hydrogen-bond acceptors (Lipinski definition) is 8. The lowest BCUT2D eigenvalue weighted by atomic mass is 10.3. The van der Waals surface area contributed by atoms with Crippen LogP contribution in [0.4, 0.5) is 16.7 Å². The maximum atomic E-state index is 12.6. The number of rotatable bonds is 7. The topological polar surface area (TPSA) is 131 Å². The minimum Gasteiger partial charge on any atom is -0.275 e. The van der Waals surface area contributed by atoms with Gasteiger partial charge in [-0.1, -0.05) is 19.8 Å². The van der Waals surface area contributed by atoms with Crippen molar-refractivity contribution in [2.24, 2.45) is 0 Å². The fourth-order valence-corrected chi connectivity index (χ4v) is 3.21. The van der Waals surface area contributed by atoms with Crippen molar-refractivity contribution in [1.29, 1.82) is 0 Å². The first-order valence-electron chi connectivity index (χ1n) is 7.27. The van der Waals surface area contributed by atoms with Gasteiger partial charge >= 0.3 is 6.03 Å². The molecular formula is C13H17N7O3S. The highest BCUT2D eigenvalue weighted by Crippen LogP contribution is 2.15. The van der Waals surface area contributed by atoms with E-state index in [0.29, 0.717) is 10.7 Å². The maximum absolute atomic E-state index is 12.6. The molecule has 0 saturated heterocycles. The number of aromatic nitrogens is 5. The zero-order chi connectivity index (χ0) is 17.4. The number of nitrogens with zero attached hydrogens (tertiary/aromatic N) is 6. The van der Waals surface area contributed by atoms with Crippen LogP contribution in [0, 0.1) is 0 Å². The van der Waals surface area contributed by atoms with E-state index in [-0.39, 0.29) is 17.6 Å². The smallest absolute Gasteiger partial charge is 0.275 e. The van der Waals surface area contributed by atoms with Gasteiger partial charge in [-0.2, -0.15) is 14.3 Å². The molecule has 0 aliphatic rings. The van der Waals surface area contributed by atoms with Crippen molar-refractivity contribution in [1.82, 2.24) is 24.9 Å². The average Bonchev–Trinajstić information content (AvgIpc) is 2.56. The molecule has 2 aromatic rings. The highest BCUT2D eigenvalue weighted by atomic mass is 32.2. The molecule has 0 aliphatic heterocycles. The molecule has 0 saturated carbocycles. The summed E-state index contributed by atoms with van der Waals surface area (Å²) >= 11 is 0. The average molecular weight is 351 g/mol. The molecule has 2 rings (SSSR count). The summed E-state index contributed by atoms with van der Waals surface area (Å²) in [5, 5.41) is 2.32. The van der Waals surface area contributed by atoms with Gasteiger partial charge in [0.25, 0.3) is 5.95 Å². The van der Waals surface area contributed by atoms with Crippen LogP contribution in [0.5, 0.6) is 0 Å². The molecule has 10 nitrogen and oxygen atoms in total. The van der Waals surface area contributed by atoms with Crippen LogP contribution >= 0.6 is 0 Å². The van der Waals surface area contributed by atoms with E-state index in [1.165, 1.54) is 12.4 Å². The second kappa shape index (κ2) is 8.24. The molecule has 1 N–H and O–H groups in total. The normalized spacial score (nSPS) is 11.0. The van der Waals surface area contributed by atoms with Crippen LogP contribution in [-0.2, 0) is 10.0 Å². The summed E-state index contributed by atoms with van der Waals surface area (Å²) in [6.45, 7) is 1.95. The van der Waals surface area contributed by atoms with Crippen LogP contribution in [0.3, 0.4) is 0 Å². The van der Waals surface area contributed by atoms with Crippen molar-refractivity contribution in [3.8, 4) is 0 Å². The van der Waals surface area contributed by atoms with Crippen molar-refractivity contribution >= 4 is 28.0 Å². The summed E-state index contributed by atoms with van der Waals surface area (Å²) in [6, 6.07) is 0.616. The van der Waals surface area contributed by atoms with E-state index >= 15 is 0 Å². The van der Waals surface area contributed by atoms with Crippen LogP contribution in [-0.4, -0.2) is 45.1 Å². The van der Waals surface area contributed by atoms with Gasteiger partial charge in [-0.3, -0.25) is 5.32 Å². The number of urea groups is 1. The van der Waals surface area contributed by atoms with E-state index < -0.39 is 16.1 Å². The van der Waals surface area contributed by atoms with Gasteiger partial charge in [-0.25, -0.2) is 28.2 Å². The summed E-state index contributed by atoms with van der Waals surface area (Å²) < 4.78 is 25.6. The lowest BCUT2D eigenvalue weighted by molar-refractivity contribution is 0.259. The minimum atomic E-state index is -3.95. The molecule has 0 bridgehead atoms. The van der Waals surface area contributed by atoms with Crippen LogP contribution in [0.2, 0.25) is 0 Å². The Labute approximate surface area is 139 Å².